The molecule has 3 fully saturated rings. The van der Waals surface area contributed by atoms with E-state index in [9.17, 15) is 18.4 Å². The number of hydrogen-bond donors (Lipinski definition) is 1. The van der Waals surface area contributed by atoms with Gasteiger partial charge in [0.2, 0.25) is 11.8 Å². The van der Waals surface area contributed by atoms with Crippen molar-refractivity contribution in [3.05, 3.63) is 35.9 Å². The molecule has 1 aromatic carbocycles. The maximum Gasteiger partial charge on any atom is 0.258 e. The van der Waals surface area contributed by atoms with E-state index in [1.807, 2.05) is 35.2 Å². The number of carbonyl (C=O) groups is 2. The Labute approximate surface area is 144 Å². The second-order valence-corrected chi connectivity index (χ2v) is 7.53. The lowest BCUT2D eigenvalue weighted by Crippen LogP contribution is -2.59. The number of likely N-dealkylation sites (tertiary alicyclic amines) is 2. The maximum absolute atomic E-state index is 13.4. The van der Waals surface area contributed by atoms with Gasteiger partial charge in [0.05, 0.1) is 17.5 Å². The van der Waals surface area contributed by atoms with Gasteiger partial charge in [-0.1, -0.05) is 30.3 Å². The van der Waals surface area contributed by atoms with E-state index < -0.39 is 29.3 Å². The largest absolute Gasteiger partial charge is 0.368 e. The Kier molecular flexibility index (Phi) is 3.61. The lowest BCUT2D eigenvalue weighted by atomic mass is 9.94. The van der Waals surface area contributed by atoms with Crippen molar-refractivity contribution in [1.82, 2.24) is 9.80 Å². The van der Waals surface area contributed by atoms with E-state index in [1.165, 1.54) is 4.90 Å². The second kappa shape index (κ2) is 5.49. The molecule has 2 saturated heterocycles. The van der Waals surface area contributed by atoms with Gasteiger partial charge in [-0.05, 0) is 18.4 Å². The monoisotopic (exact) mass is 349 g/mol. The fourth-order valence-electron chi connectivity index (χ4n) is 4.23. The first-order valence-electron chi connectivity index (χ1n) is 8.59. The number of rotatable bonds is 4. The fraction of sp³-hybridized carbons (Fsp3) is 0.556. The van der Waals surface area contributed by atoms with Gasteiger partial charge in [0.25, 0.3) is 5.92 Å². The molecular weight excluding hydrogens is 328 g/mol. The first kappa shape index (κ1) is 16.4. The minimum absolute atomic E-state index is 0.119. The molecule has 4 rings (SSSR count). The smallest absolute Gasteiger partial charge is 0.258 e. The quantitative estimate of drug-likeness (QED) is 0.893. The standard InChI is InChI=1S/C18H21F2N3O2/c19-18(20)9-17(18)10-22(11-17)16(25)14-7-6-13(15(21)24)23(14)8-12-4-2-1-3-5-12/h1-5,13-14H,6-11H2,(H2,21,24)/t13-,14+/m0/s1. The highest BCUT2D eigenvalue weighted by Gasteiger charge is 2.76. The van der Waals surface area contributed by atoms with Gasteiger partial charge in [0.1, 0.15) is 0 Å². The molecule has 7 heteroatoms. The number of amides is 2. The van der Waals surface area contributed by atoms with Crippen molar-refractivity contribution in [2.45, 2.75) is 43.8 Å². The van der Waals surface area contributed by atoms with Gasteiger partial charge in [-0.15, -0.1) is 0 Å². The number of carbonyl (C=O) groups excluding carboxylic acids is 2. The van der Waals surface area contributed by atoms with Crippen LogP contribution in [0.15, 0.2) is 30.3 Å². The molecule has 5 nitrogen and oxygen atoms in total. The lowest BCUT2D eigenvalue weighted by Gasteiger charge is -2.42. The summed E-state index contributed by atoms with van der Waals surface area (Å²) in [6.45, 7) is 0.686. The van der Waals surface area contributed by atoms with Gasteiger partial charge in [-0.2, -0.15) is 0 Å². The third-order valence-electron chi connectivity index (χ3n) is 5.85. The van der Waals surface area contributed by atoms with Crippen LogP contribution in [0.1, 0.15) is 24.8 Å². The number of nitrogens with zero attached hydrogens (tertiary/aromatic N) is 2. The van der Waals surface area contributed by atoms with Crippen molar-refractivity contribution >= 4 is 11.8 Å². The third kappa shape index (κ3) is 2.61. The topological polar surface area (TPSA) is 66.6 Å². The summed E-state index contributed by atoms with van der Waals surface area (Å²) in [6.07, 6.45) is 0.930. The molecule has 0 unspecified atom stereocenters. The van der Waals surface area contributed by atoms with Crippen LogP contribution in [-0.2, 0) is 16.1 Å². The van der Waals surface area contributed by atoms with Crippen molar-refractivity contribution in [2.75, 3.05) is 13.1 Å². The molecule has 2 aliphatic heterocycles. The molecule has 3 aliphatic rings. The molecule has 2 N–H and O–H groups in total. The first-order valence-corrected chi connectivity index (χ1v) is 8.59. The van der Waals surface area contributed by atoms with Crippen molar-refractivity contribution < 1.29 is 18.4 Å². The van der Waals surface area contributed by atoms with E-state index in [0.29, 0.717) is 19.4 Å². The van der Waals surface area contributed by atoms with Gasteiger partial charge in [-0.25, -0.2) is 8.78 Å². The molecule has 0 bridgehead atoms. The minimum Gasteiger partial charge on any atom is -0.368 e. The second-order valence-electron chi connectivity index (χ2n) is 7.53. The normalized spacial score (nSPS) is 29.4. The van der Waals surface area contributed by atoms with Crippen molar-refractivity contribution in [3.8, 4) is 0 Å². The zero-order valence-corrected chi connectivity index (χ0v) is 13.8. The molecule has 1 saturated carbocycles. The van der Waals surface area contributed by atoms with E-state index in [2.05, 4.69) is 0 Å². The van der Waals surface area contributed by atoms with Crippen LogP contribution in [0.2, 0.25) is 0 Å². The molecule has 1 aliphatic carbocycles. The van der Waals surface area contributed by atoms with Crippen LogP contribution < -0.4 is 5.73 Å². The molecule has 0 aromatic heterocycles. The lowest BCUT2D eigenvalue weighted by molar-refractivity contribution is -0.148. The maximum atomic E-state index is 13.4. The summed E-state index contributed by atoms with van der Waals surface area (Å²) in [6, 6.07) is 8.60. The SMILES string of the molecule is NC(=O)[C@@H]1CC[C@H](C(=O)N2CC3(C2)CC3(F)F)N1Cc1ccccc1. The Morgan fingerprint density at radius 1 is 1.12 bits per heavy atom. The summed E-state index contributed by atoms with van der Waals surface area (Å²) in [5, 5.41) is 0. The minimum atomic E-state index is -2.63. The molecule has 134 valence electrons. The van der Waals surface area contributed by atoms with E-state index >= 15 is 0 Å². The van der Waals surface area contributed by atoms with E-state index in [1.54, 1.807) is 0 Å². The molecular formula is C18H21F2N3O2. The average Bonchev–Trinajstić information content (AvgIpc) is 2.90. The van der Waals surface area contributed by atoms with E-state index in [0.717, 1.165) is 5.56 Å². The highest BCUT2D eigenvalue weighted by atomic mass is 19.3. The number of nitrogens with two attached hydrogens (primary N) is 1. The third-order valence-corrected chi connectivity index (χ3v) is 5.85. The van der Waals surface area contributed by atoms with Crippen LogP contribution >= 0.6 is 0 Å². The van der Waals surface area contributed by atoms with Gasteiger partial charge in [0, 0.05) is 26.1 Å². The van der Waals surface area contributed by atoms with Crippen LogP contribution in [0.3, 0.4) is 0 Å². The van der Waals surface area contributed by atoms with Crippen LogP contribution in [0.4, 0.5) is 8.78 Å². The fourth-order valence-corrected chi connectivity index (χ4v) is 4.23. The summed E-state index contributed by atoms with van der Waals surface area (Å²) in [7, 11) is 0. The molecule has 1 spiro atoms. The average molecular weight is 349 g/mol. The number of benzene rings is 1. The summed E-state index contributed by atoms with van der Waals surface area (Å²) in [5.41, 5.74) is 5.52. The Morgan fingerprint density at radius 2 is 1.72 bits per heavy atom. The number of alkyl halides is 2. The van der Waals surface area contributed by atoms with Crippen LogP contribution in [-0.4, -0.2) is 52.7 Å². The van der Waals surface area contributed by atoms with Crippen LogP contribution in [0.5, 0.6) is 0 Å². The van der Waals surface area contributed by atoms with E-state index in [4.69, 9.17) is 5.73 Å². The highest BCUT2D eigenvalue weighted by molar-refractivity contribution is 5.86. The van der Waals surface area contributed by atoms with Crippen molar-refractivity contribution in [1.29, 1.82) is 0 Å². The van der Waals surface area contributed by atoms with Crippen molar-refractivity contribution in [2.24, 2.45) is 11.1 Å². The summed E-state index contributed by atoms with van der Waals surface area (Å²) in [4.78, 5) is 27.9. The molecule has 2 amide bonds. The predicted octanol–water partition coefficient (Wildman–Crippen LogP) is 1.37. The summed E-state index contributed by atoms with van der Waals surface area (Å²) < 4.78 is 26.7. The summed E-state index contributed by atoms with van der Waals surface area (Å²) >= 11 is 0. The van der Waals surface area contributed by atoms with Crippen molar-refractivity contribution in [3.63, 3.8) is 0 Å². The van der Waals surface area contributed by atoms with Gasteiger partial charge < -0.3 is 10.6 Å². The number of halogens is 2. The zero-order valence-electron chi connectivity index (χ0n) is 13.8. The summed E-state index contributed by atoms with van der Waals surface area (Å²) in [5.74, 6) is -3.23. The van der Waals surface area contributed by atoms with E-state index in [-0.39, 0.29) is 25.4 Å². The van der Waals surface area contributed by atoms with Gasteiger partial charge in [0.15, 0.2) is 0 Å². The van der Waals surface area contributed by atoms with Gasteiger partial charge >= 0.3 is 0 Å². The Bertz CT molecular complexity index is 704. The molecule has 2 heterocycles. The zero-order chi connectivity index (χ0) is 17.8. The predicted molar refractivity (Wildman–Crippen MR) is 86.6 cm³/mol. The highest BCUT2D eigenvalue weighted by Crippen LogP contribution is 2.65. The van der Waals surface area contributed by atoms with Crippen LogP contribution in [0, 0.1) is 5.41 Å². The molecule has 2 atom stereocenters. The number of primary amides is 1. The Balaban J connectivity index is 1.48. The Morgan fingerprint density at radius 3 is 2.28 bits per heavy atom. The molecule has 25 heavy (non-hydrogen) atoms. The molecule has 0 radical (unpaired) electrons. The van der Waals surface area contributed by atoms with Gasteiger partial charge in [-0.3, -0.25) is 14.5 Å². The number of hydrogen-bond acceptors (Lipinski definition) is 3. The molecule has 1 aromatic rings. The Hall–Kier alpha value is -2.02. The van der Waals surface area contributed by atoms with Crippen LogP contribution in [0.25, 0.3) is 0 Å². The first-order chi connectivity index (χ1) is 11.8.